The molecule has 8 nitrogen and oxygen atoms in total. The van der Waals surface area contributed by atoms with Gasteiger partial charge in [-0.1, -0.05) is 48.5 Å². The molecular weight excluding hydrogens is 480 g/mol. The molecule has 0 spiro atoms. The van der Waals surface area contributed by atoms with Gasteiger partial charge >= 0.3 is 0 Å². The molecule has 36 heavy (non-hydrogen) atoms. The summed E-state index contributed by atoms with van der Waals surface area (Å²) in [6.45, 7) is -0.0258. The summed E-state index contributed by atoms with van der Waals surface area (Å²) in [5.41, 5.74) is 2.07. The molecule has 1 aliphatic rings. The Labute approximate surface area is 212 Å². The first kappa shape index (κ1) is 24.9. The fraction of sp³-hybridized carbons (Fsp3) is 0.148. The number of anilines is 1. The first-order valence-corrected chi connectivity index (χ1v) is 11.8. The minimum Gasteiger partial charge on any atom is -0.495 e. The Hall–Kier alpha value is -4.24. The van der Waals surface area contributed by atoms with E-state index >= 15 is 0 Å². The average molecular weight is 505 g/mol. The number of hydrogen-bond acceptors (Lipinski definition) is 7. The van der Waals surface area contributed by atoms with Crippen molar-refractivity contribution in [2.24, 2.45) is 0 Å². The normalized spacial score (nSPS) is 14.2. The third kappa shape index (κ3) is 5.87. The number of ether oxygens (including phenoxy) is 3. The predicted octanol–water partition coefficient (Wildman–Crippen LogP) is 4.96. The van der Waals surface area contributed by atoms with Gasteiger partial charge in [-0.05, 0) is 53.2 Å². The number of benzene rings is 3. The van der Waals surface area contributed by atoms with Crippen LogP contribution in [0.5, 0.6) is 17.2 Å². The summed E-state index contributed by atoms with van der Waals surface area (Å²) in [6.07, 6.45) is 1.64. The molecule has 0 atom stereocenters. The number of para-hydroxylation sites is 2. The quantitative estimate of drug-likeness (QED) is 0.412. The zero-order valence-electron chi connectivity index (χ0n) is 19.7. The number of carbonyl (C=O) groups is 3. The van der Waals surface area contributed by atoms with Crippen LogP contribution in [0.1, 0.15) is 11.1 Å². The number of hydrogen-bond donors (Lipinski definition) is 1. The summed E-state index contributed by atoms with van der Waals surface area (Å²) in [5.74, 6) is 0.583. The van der Waals surface area contributed by atoms with E-state index in [0.29, 0.717) is 33.4 Å². The molecule has 9 heteroatoms. The van der Waals surface area contributed by atoms with E-state index in [1.807, 2.05) is 30.3 Å². The van der Waals surface area contributed by atoms with Gasteiger partial charge in [-0.15, -0.1) is 0 Å². The van der Waals surface area contributed by atoms with Crippen LogP contribution in [0.15, 0.2) is 77.7 Å². The molecule has 3 aromatic carbocycles. The lowest BCUT2D eigenvalue weighted by Crippen LogP contribution is -2.27. The second kappa shape index (κ2) is 11.5. The summed E-state index contributed by atoms with van der Waals surface area (Å²) in [6, 6.07) is 21.5. The van der Waals surface area contributed by atoms with Gasteiger partial charge in [-0.25, -0.2) is 0 Å². The van der Waals surface area contributed by atoms with E-state index in [-0.39, 0.29) is 30.2 Å². The SMILES string of the molecule is COc1ccccc1NC(=O)COc1ccc(/C=C2\SC(=O)N(Cc3ccccc3)C2=O)cc1OC. The van der Waals surface area contributed by atoms with Gasteiger partial charge in [-0.3, -0.25) is 19.3 Å². The van der Waals surface area contributed by atoms with Crippen molar-refractivity contribution in [2.75, 3.05) is 26.1 Å². The van der Waals surface area contributed by atoms with Crippen molar-refractivity contribution in [3.63, 3.8) is 0 Å². The molecule has 1 N–H and O–H groups in total. The summed E-state index contributed by atoms with van der Waals surface area (Å²) in [7, 11) is 3.01. The predicted molar refractivity (Wildman–Crippen MR) is 138 cm³/mol. The van der Waals surface area contributed by atoms with Gasteiger partial charge < -0.3 is 19.5 Å². The fourth-order valence-electron chi connectivity index (χ4n) is 3.52. The van der Waals surface area contributed by atoms with Crippen molar-refractivity contribution in [3.05, 3.63) is 88.8 Å². The topological polar surface area (TPSA) is 94.2 Å². The molecule has 0 aromatic heterocycles. The highest BCUT2D eigenvalue weighted by atomic mass is 32.2. The molecule has 0 unspecified atom stereocenters. The summed E-state index contributed by atoms with van der Waals surface area (Å²) in [4.78, 5) is 39.2. The van der Waals surface area contributed by atoms with Gasteiger partial charge in [0.15, 0.2) is 18.1 Å². The number of amides is 3. The van der Waals surface area contributed by atoms with Crippen LogP contribution in [-0.2, 0) is 16.1 Å². The highest BCUT2D eigenvalue weighted by molar-refractivity contribution is 8.18. The van der Waals surface area contributed by atoms with E-state index in [1.54, 1.807) is 48.5 Å². The second-order valence-corrected chi connectivity index (χ2v) is 8.69. The number of methoxy groups -OCH3 is 2. The van der Waals surface area contributed by atoms with Crippen LogP contribution in [0.2, 0.25) is 0 Å². The second-order valence-electron chi connectivity index (χ2n) is 7.70. The van der Waals surface area contributed by atoms with Gasteiger partial charge in [0.05, 0.1) is 31.4 Å². The number of rotatable bonds is 9. The van der Waals surface area contributed by atoms with Crippen molar-refractivity contribution >= 4 is 40.6 Å². The van der Waals surface area contributed by atoms with Crippen molar-refractivity contribution < 1.29 is 28.6 Å². The Balaban J connectivity index is 1.42. The first-order chi connectivity index (χ1) is 17.5. The van der Waals surface area contributed by atoms with E-state index in [0.717, 1.165) is 17.3 Å². The number of thioether (sulfide) groups is 1. The van der Waals surface area contributed by atoms with Crippen LogP contribution in [0.4, 0.5) is 10.5 Å². The Morgan fingerprint density at radius 1 is 0.917 bits per heavy atom. The van der Waals surface area contributed by atoms with E-state index in [4.69, 9.17) is 14.2 Å². The summed E-state index contributed by atoms with van der Waals surface area (Å²) < 4.78 is 16.3. The molecule has 1 heterocycles. The number of carbonyl (C=O) groups excluding carboxylic acids is 3. The zero-order valence-corrected chi connectivity index (χ0v) is 20.5. The van der Waals surface area contributed by atoms with Crippen LogP contribution < -0.4 is 19.5 Å². The van der Waals surface area contributed by atoms with Gasteiger partial charge in [0.1, 0.15) is 5.75 Å². The van der Waals surface area contributed by atoms with Crippen LogP contribution >= 0.6 is 11.8 Å². The number of imide groups is 1. The third-order valence-electron chi connectivity index (χ3n) is 5.28. The van der Waals surface area contributed by atoms with Gasteiger partial charge in [0.25, 0.3) is 17.1 Å². The first-order valence-electron chi connectivity index (χ1n) is 11.0. The van der Waals surface area contributed by atoms with Crippen molar-refractivity contribution in [1.82, 2.24) is 4.90 Å². The molecule has 3 aromatic rings. The molecular formula is C27H24N2O6S. The van der Waals surface area contributed by atoms with E-state index in [9.17, 15) is 14.4 Å². The van der Waals surface area contributed by atoms with Crippen LogP contribution in [0, 0.1) is 0 Å². The largest absolute Gasteiger partial charge is 0.495 e. The number of nitrogens with one attached hydrogen (secondary N) is 1. The maximum Gasteiger partial charge on any atom is 0.293 e. The lowest BCUT2D eigenvalue weighted by atomic mass is 10.1. The molecule has 184 valence electrons. The van der Waals surface area contributed by atoms with Gasteiger partial charge in [0.2, 0.25) is 0 Å². The smallest absolute Gasteiger partial charge is 0.293 e. The minimum absolute atomic E-state index is 0.218. The maximum atomic E-state index is 12.8. The molecule has 1 aliphatic heterocycles. The summed E-state index contributed by atoms with van der Waals surface area (Å²) in [5, 5.41) is 2.43. The van der Waals surface area contributed by atoms with Gasteiger partial charge in [-0.2, -0.15) is 0 Å². The van der Waals surface area contributed by atoms with Crippen LogP contribution in [0.25, 0.3) is 6.08 Å². The summed E-state index contributed by atoms with van der Waals surface area (Å²) >= 11 is 0.895. The molecule has 0 bridgehead atoms. The number of nitrogens with zero attached hydrogens (tertiary/aromatic N) is 1. The van der Waals surface area contributed by atoms with Crippen molar-refractivity contribution in [3.8, 4) is 17.2 Å². The maximum absolute atomic E-state index is 12.8. The monoisotopic (exact) mass is 504 g/mol. The van der Waals surface area contributed by atoms with E-state index in [1.165, 1.54) is 19.1 Å². The van der Waals surface area contributed by atoms with Crippen molar-refractivity contribution in [2.45, 2.75) is 6.54 Å². The lowest BCUT2D eigenvalue weighted by Gasteiger charge is -2.13. The fourth-order valence-corrected chi connectivity index (χ4v) is 4.36. The molecule has 3 amide bonds. The Morgan fingerprint density at radius 3 is 2.39 bits per heavy atom. The minimum atomic E-state index is -0.363. The van der Waals surface area contributed by atoms with Crippen LogP contribution in [0.3, 0.4) is 0 Å². The highest BCUT2D eigenvalue weighted by Crippen LogP contribution is 2.35. The molecule has 0 saturated carbocycles. The molecule has 0 aliphatic carbocycles. The van der Waals surface area contributed by atoms with E-state index < -0.39 is 0 Å². The molecule has 4 rings (SSSR count). The van der Waals surface area contributed by atoms with Crippen LogP contribution in [-0.4, -0.2) is 42.8 Å². The Bertz CT molecular complexity index is 1310. The van der Waals surface area contributed by atoms with E-state index in [2.05, 4.69) is 5.32 Å². The molecule has 0 radical (unpaired) electrons. The third-order valence-corrected chi connectivity index (χ3v) is 6.19. The Kier molecular flexibility index (Phi) is 7.92. The average Bonchev–Trinajstić information content (AvgIpc) is 3.16. The van der Waals surface area contributed by atoms with Gasteiger partial charge in [0, 0.05) is 0 Å². The standard InChI is InChI=1S/C27H24N2O6S/c1-33-21-11-7-6-10-20(21)28-25(30)17-35-22-13-12-19(14-23(22)34-2)15-24-26(31)29(27(32)36-24)16-18-8-4-3-5-9-18/h3-15H,16-17H2,1-2H3,(H,28,30)/b24-15-. The lowest BCUT2D eigenvalue weighted by molar-refractivity contribution is -0.123. The zero-order chi connectivity index (χ0) is 25.5. The Morgan fingerprint density at radius 2 is 1.64 bits per heavy atom. The molecule has 1 fully saturated rings. The highest BCUT2D eigenvalue weighted by Gasteiger charge is 2.35. The van der Waals surface area contributed by atoms with Crippen molar-refractivity contribution in [1.29, 1.82) is 0 Å². The molecule has 1 saturated heterocycles.